The van der Waals surface area contributed by atoms with E-state index in [1.165, 1.54) is 12.1 Å². The summed E-state index contributed by atoms with van der Waals surface area (Å²) < 4.78 is 82.0. The van der Waals surface area contributed by atoms with Gasteiger partial charge in [-0.15, -0.1) is 0 Å². The number of ether oxygens (including phenoxy) is 2. The highest BCUT2D eigenvalue weighted by Crippen LogP contribution is 2.29. The summed E-state index contributed by atoms with van der Waals surface area (Å²) in [5.41, 5.74) is 0. The molecule has 0 bridgehead atoms. The van der Waals surface area contributed by atoms with Gasteiger partial charge in [0.1, 0.15) is 29.7 Å². The number of hydrogen-bond acceptors (Lipinski definition) is 4. The lowest BCUT2D eigenvalue weighted by molar-refractivity contribution is 0.204. The van der Waals surface area contributed by atoms with Crippen LogP contribution in [0.3, 0.4) is 0 Å². The molecule has 0 aliphatic rings. The van der Waals surface area contributed by atoms with Gasteiger partial charge >= 0.3 is 0 Å². The van der Waals surface area contributed by atoms with Crippen molar-refractivity contribution in [2.24, 2.45) is 0 Å². The number of halogens is 5. The summed E-state index contributed by atoms with van der Waals surface area (Å²) in [6.07, 6.45) is 0. The molecule has 0 atom stereocenters. The van der Waals surface area contributed by atoms with Crippen LogP contribution < -0.4 is 9.47 Å². The molecular formula is C14H9F3I2O5S. The molecule has 11 heteroatoms. The van der Waals surface area contributed by atoms with Gasteiger partial charge in [-0.05, 0) is 57.3 Å². The highest BCUT2D eigenvalue weighted by atomic mass is 127. The second kappa shape index (κ2) is 8.26. The molecule has 0 amide bonds. The van der Waals surface area contributed by atoms with Crippen LogP contribution in [0.15, 0.2) is 29.2 Å². The van der Waals surface area contributed by atoms with Crippen molar-refractivity contribution in [3.05, 3.63) is 48.9 Å². The molecule has 0 saturated heterocycles. The Kier molecular flexibility index (Phi) is 6.78. The Balaban J connectivity index is 2.02. The minimum atomic E-state index is -4.36. The largest absolute Gasteiger partial charge is 0.490 e. The van der Waals surface area contributed by atoms with Gasteiger partial charge in [-0.2, -0.15) is 8.42 Å². The van der Waals surface area contributed by atoms with E-state index in [-0.39, 0.29) is 31.0 Å². The van der Waals surface area contributed by atoms with Crippen molar-refractivity contribution < 1.29 is 35.6 Å². The summed E-state index contributed by atoms with van der Waals surface area (Å²) in [5.74, 6) is -3.82. The fraction of sp³-hybridized carbons (Fsp3) is 0.143. The third-order valence-corrected chi connectivity index (χ3v) is 6.18. The van der Waals surface area contributed by atoms with Crippen molar-refractivity contribution in [2.45, 2.75) is 4.90 Å². The molecule has 0 radical (unpaired) electrons. The average Bonchev–Trinajstić information content (AvgIpc) is 2.43. The zero-order valence-corrected chi connectivity index (χ0v) is 17.2. The first-order valence-corrected chi connectivity index (χ1v) is 10.1. The molecule has 0 fully saturated rings. The number of hydrogen-bond donors (Lipinski definition) is 1. The summed E-state index contributed by atoms with van der Waals surface area (Å²) in [6.45, 7) is -0.333. The van der Waals surface area contributed by atoms with Crippen molar-refractivity contribution in [2.75, 3.05) is 13.2 Å². The molecule has 0 aliphatic carbocycles. The predicted octanol–water partition coefficient (Wildman–Crippen LogP) is 4.02. The fourth-order valence-corrected chi connectivity index (χ4v) is 5.83. The molecular weight excluding hydrogens is 591 g/mol. The first-order valence-electron chi connectivity index (χ1n) is 6.46. The monoisotopic (exact) mass is 600 g/mol. The molecule has 2 rings (SSSR count). The van der Waals surface area contributed by atoms with Gasteiger partial charge in [-0.1, -0.05) is 0 Å². The summed E-state index contributed by atoms with van der Waals surface area (Å²) >= 11 is 3.46. The zero-order chi connectivity index (χ0) is 18.8. The van der Waals surface area contributed by atoms with Crippen LogP contribution >= 0.6 is 45.2 Å². The van der Waals surface area contributed by atoms with Crippen LogP contribution in [0.1, 0.15) is 0 Å². The third kappa shape index (κ3) is 5.34. The fourth-order valence-electron chi connectivity index (χ4n) is 1.84. The standard InChI is InChI=1S/C14H9F3I2O5S/c15-7-3-9(16)13(10(17)4-7)24-2-1-23-8-5-11(18)14(12(19)6-8)25(20,21)22/h3-6H,1-2H2,(H,20,21,22). The third-order valence-electron chi connectivity index (χ3n) is 2.79. The Morgan fingerprint density at radius 1 is 0.920 bits per heavy atom. The maximum atomic E-state index is 13.4. The van der Waals surface area contributed by atoms with Crippen LogP contribution in [-0.2, 0) is 10.1 Å². The van der Waals surface area contributed by atoms with Gasteiger partial charge in [0, 0.05) is 19.3 Å². The van der Waals surface area contributed by atoms with Gasteiger partial charge in [0.2, 0.25) is 0 Å². The first-order chi connectivity index (χ1) is 11.6. The van der Waals surface area contributed by atoms with E-state index in [1.807, 2.05) is 0 Å². The van der Waals surface area contributed by atoms with E-state index in [0.717, 1.165) is 0 Å². The highest BCUT2D eigenvalue weighted by Gasteiger charge is 2.19. The first kappa shape index (κ1) is 20.5. The average molecular weight is 600 g/mol. The van der Waals surface area contributed by atoms with E-state index < -0.39 is 33.3 Å². The summed E-state index contributed by atoms with van der Waals surface area (Å²) in [7, 11) is -4.36. The molecule has 5 nitrogen and oxygen atoms in total. The van der Waals surface area contributed by atoms with E-state index in [9.17, 15) is 21.6 Å². The van der Waals surface area contributed by atoms with Crippen LogP contribution in [0, 0.1) is 24.6 Å². The van der Waals surface area contributed by atoms with Gasteiger partial charge in [-0.3, -0.25) is 4.55 Å². The van der Waals surface area contributed by atoms with Crippen LogP contribution in [0.25, 0.3) is 0 Å². The van der Waals surface area contributed by atoms with E-state index in [1.54, 1.807) is 45.2 Å². The Morgan fingerprint density at radius 3 is 1.88 bits per heavy atom. The van der Waals surface area contributed by atoms with E-state index in [2.05, 4.69) is 0 Å². The minimum Gasteiger partial charge on any atom is -0.490 e. The second-order valence-electron chi connectivity index (χ2n) is 4.59. The van der Waals surface area contributed by atoms with Gasteiger partial charge in [0.15, 0.2) is 17.4 Å². The van der Waals surface area contributed by atoms with Gasteiger partial charge in [0.05, 0.1) is 0 Å². The quantitative estimate of drug-likeness (QED) is 0.309. The summed E-state index contributed by atoms with van der Waals surface area (Å²) in [5, 5.41) is 0. The Hall–Kier alpha value is -0.800. The minimum absolute atomic E-state index is 0.104. The Bertz CT molecular complexity index is 859. The highest BCUT2D eigenvalue weighted by molar-refractivity contribution is 14.1. The molecule has 0 saturated carbocycles. The molecule has 0 aromatic heterocycles. The van der Waals surface area contributed by atoms with E-state index >= 15 is 0 Å². The number of benzene rings is 2. The van der Waals surface area contributed by atoms with Crippen LogP contribution in [0.2, 0.25) is 0 Å². The number of rotatable bonds is 6. The lowest BCUT2D eigenvalue weighted by Crippen LogP contribution is -2.12. The maximum Gasteiger partial charge on any atom is 0.296 e. The van der Waals surface area contributed by atoms with Crippen molar-refractivity contribution in [1.82, 2.24) is 0 Å². The van der Waals surface area contributed by atoms with E-state index in [0.29, 0.717) is 12.1 Å². The maximum absolute atomic E-state index is 13.4. The molecule has 0 spiro atoms. The molecule has 2 aromatic rings. The SMILES string of the molecule is O=S(=O)(O)c1c(I)cc(OCCOc2c(F)cc(F)cc2F)cc1I. The van der Waals surface area contributed by atoms with Crippen molar-refractivity contribution in [3.63, 3.8) is 0 Å². The second-order valence-corrected chi connectivity index (χ2v) is 8.27. The molecule has 25 heavy (non-hydrogen) atoms. The topological polar surface area (TPSA) is 72.8 Å². The van der Waals surface area contributed by atoms with Gasteiger partial charge in [0.25, 0.3) is 10.1 Å². The van der Waals surface area contributed by atoms with Crippen molar-refractivity contribution >= 4 is 55.3 Å². The smallest absolute Gasteiger partial charge is 0.296 e. The normalized spacial score (nSPS) is 11.4. The van der Waals surface area contributed by atoms with Gasteiger partial charge in [-0.25, -0.2) is 13.2 Å². The lowest BCUT2D eigenvalue weighted by Gasteiger charge is -2.12. The van der Waals surface area contributed by atoms with Crippen LogP contribution in [-0.4, -0.2) is 26.2 Å². The molecule has 136 valence electrons. The Labute approximate surface area is 168 Å². The molecule has 2 aromatic carbocycles. The predicted molar refractivity (Wildman–Crippen MR) is 99.0 cm³/mol. The molecule has 0 aliphatic heterocycles. The zero-order valence-electron chi connectivity index (χ0n) is 12.1. The molecule has 0 unspecified atom stereocenters. The van der Waals surface area contributed by atoms with Crippen LogP contribution in [0.4, 0.5) is 13.2 Å². The van der Waals surface area contributed by atoms with Crippen molar-refractivity contribution in [1.29, 1.82) is 0 Å². The van der Waals surface area contributed by atoms with Crippen molar-refractivity contribution in [3.8, 4) is 11.5 Å². The molecule has 0 heterocycles. The van der Waals surface area contributed by atoms with E-state index in [4.69, 9.17) is 14.0 Å². The Morgan fingerprint density at radius 2 is 1.40 bits per heavy atom. The van der Waals surface area contributed by atoms with Crippen LogP contribution in [0.5, 0.6) is 11.5 Å². The molecule has 1 N–H and O–H groups in total. The lowest BCUT2D eigenvalue weighted by atomic mass is 10.3. The summed E-state index contributed by atoms with van der Waals surface area (Å²) in [6, 6.07) is 3.76. The van der Waals surface area contributed by atoms with Gasteiger partial charge < -0.3 is 9.47 Å². The summed E-state index contributed by atoms with van der Waals surface area (Å²) in [4.78, 5) is -0.229.